The van der Waals surface area contributed by atoms with Gasteiger partial charge in [-0.1, -0.05) is 30.3 Å². The van der Waals surface area contributed by atoms with Gasteiger partial charge in [0.2, 0.25) is 0 Å². The van der Waals surface area contributed by atoms with Crippen molar-refractivity contribution in [2.75, 3.05) is 13.1 Å². The molecule has 2 heterocycles. The number of halogens is 1. The van der Waals surface area contributed by atoms with E-state index in [0.29, 0.717) is 17.0 Å². The number of nitrogens with zero attached hydrogens (tertiary/aromatic N) is 2. The molecule has 1 aliphatic heterocycles. The van der Waals surface area contributed by atoms with E-state index in [2.05, 4.69) is 9.97 Å². The van der Waals surface area contributed by atoms with Crippen LogP contribution in [-0.2, 0) is 0 Å². The third-order valence-corrected chi connectivity index (χ3v) is 5.00. The molecule has 0 bridgehead atoms. The van der Waals surface area contributed by atoms with E-state index in [9.17, 15) is 9.18 Å². The first-order valence-corrected chi connectivity index (χ1v) is 8.86. The Bertz CT molecular complexity index is 882. The molecule has 0 aliphatic carbocycles. The van der Waals surface area contributed by atoms with Crippen LogP contribution in [0.15, 0.2) is 60.9 Å². The van der Waals surface area contributed by atoms with E-state index in [1.54, 1.807) is 48.7 Å². The maximum atomic E-state index is 13.9. The fourth-order valence-corrected chi connectivity index (χ4v) is 3.53. The molecule has 0 radical (unpaired) electrons. The Hall–Kier alpha value is -2.95. The van der Waals surface area contributed by atoms with Crippen molar-refractivity contribution in [3.8, 4) is 11.1 Å². The van der Waals surface area contributed by atoms with Gasteiger partial charge in [0.1, 0.15) is 11.6 Å². The van der Waals surface area contributed by atoms with Gasteiger partial charge in [-0.3, -0.25) is 4.79 Å². The molecule has 2 aromatic carbocycles. The number of aromatic amines is 1. The van der Waals surface area contributed by atoms with E-state index in [-0.39, 0.29) is 11.7 Å². The highest BCUT2D eigenvalue weighted by atomic mass is 19.1. The van der Waals surface area contributed by atoms with Crippen LogP contribution < -0.4 is 0 Å². The molecule has 132 valence electrons. The van der Waals surface area contributed by atoms with Gasteiger partial charge in [-0.2, -0.15) is 0 Å². The number of imidazole rings is 1. The number of amides is 1. The predicted molar refractivity (Wildman–Crippen MR) is 98.3 cm³/mol. The van der Waals surface area contributed by atoms with Gasteiger partial charge in [-0.05, 0) is 36.6 Å². The lowest BCUT2D eigenvalue weighted by molar-refractivity contribution is 0.0711. The summed E-state index contributed by atoms with van der Waals surface area (Å²) in [6.07, 6.45) is 5.42. The Morgan fingerprint density at radius 2 is 1.81 bits per heavy atom. The number of hydrogen-bond donors (Lipinski definition) is 1. The van der Waals surface area contributed by atoms with Gasteiger partial charge in [-0.15, -0.1) is 0 Å². The monoisotopic (exact) mass is 349 g/mol. The quantitative estimate of drug-likeness (QED) is 0.769. The fraction of sp³-hybridized carbons (Fsp3) is 0.238. The summed E-state index contributed by atoms with van der Waals surface area (Å²) in [6.45, 7) is 1.44. The first kappa shape index (κ1) is 16.5. The van der Waals surface area contributed by atoms with E-state index in [1.165, 1.54) is 6.07 Å². The van der Waals surface area contributed by atoms with E-state index >= 15 is 0 Å². The summed E-state index contributed by atoms with van der Waals surface area (Å²) in [4.78, 5) is 22.1. The number of H-pyrrole nitrogens is 1. The van der Waals surface area contributed by atoms with Crippen LogP contribution in [0.4, 0.5) is 4.39 Å². The second kappa shape index (κ2) is 7.12. The van der Waals surface area contributed by atoms with Crippen LogP contribution in [-0.4, -0.2) is 33.9 Å². The molecule has 0 atom stereocenters. The normalized spacial score (nSPS) is 15.2. The summed E-state index contributed by atoms with van der Waals surface area (Å²) >= 11 is 0. The lowest BCUT2D eigenvalue weighted by Gasteiger charge is -2.31. The number of carbonyl (C=O) groups is 1. The van der Waals surface area contributed by atoms with Gasteiger partial charge in [0.05, 0.1) is 0 Å². The van der Waals surface area contributed by atoms with Crippen molar-refractivity contribution in [3.63, 3.8) is 0 Å². The molecule has 0 saturated carbocycles. The minimum Gasteiger partial charge on any atom is -0.348 e. The summed E-state index contributed by atoms with van der Waals surface area (Å²) in [5.74, 6) is 1.17. The average Bonchev–Trinajstić information content (AvgIpc) is 3.23. The van der Waals surface area contributed by atoms with Crippen molar-refractivity contribution in [1.82, 2.24) is 14.9 Å². The minimum absolute atomic E-state index is 0.0305. The largest absolute Gasteiger partial charge is 0.348 e. The standard InChI is InChI=1S/C21H20FN3O/c22-19-4-2-1-3-18(19)15-5-7-17(8-6-15)21(26)25-13-9-16(10-14-25)20-23-11-12-24-20/h1-8,11-12,16H,9-10,13-14H2,(H,23,24). The zero-order valence-corrected chi connectivity index (χ0v) is 14.4. The number of carbonyl (C=O) groups excluding carboxylic acids is 1. The Labute approximate surface area is 151 Å². The van der Waals surface area contributed by atoms with Crippen molar-refractivity contribution in [3.05, 3.63) is 78.1 Å². The highest BCUT2D eigenvalue weighted by molar-refractivity contribution is 5.94. The summed E-state index contributed by atoms with van der Waals surface area (Å²) in [6, 6.07) is 13.8. The Morgan fingerprint density at radius 3 is 2.46 bits per heavy atom. The van der Waals surface area contributed by atoms with Crippen LogP contribution in [0.3, 0.4) is 0 Å². The van der Waals surface area contributed by atoms with Crippen molar-refractivity contribution >= 4 is 5.91 Å². The molecule has 4 nitrogen and oxygen atoms in total. The maximum absolute atomic E-state index is 13.9. The summed E-state index contributed by atoms with van der Waals surface area (Å²) < 4.78 is 13.9. The average molecular weight is 349 g/mol. The molecule has 0 spiro atoms. The lowest BCUT2D eigenvalue weighted by atomic mass is 9.95. The molecule has 1 amide bonds. The molecular weight excluding hydrogens is 329 g/mol. The number of rotatable bonds is 3. The number of piperidine rings is 1. The SMILES string of the molecule is O=C(c1ccc(-c2ccccc2F)cc1)N1CCC(c2ncc[nH]2)CC1. The molecule has 1 fully saturated rings. The Balaban J connectivity index is 1.43. The summed E-state index contributed by atoms with van der Waals surface area (Å²) in [7, 11) is 0. The van der Waals surface area contributed by atoms with Gasteiger partial charge in [0, 0.05) is 42.5 Å². The van der Waals surface area contributed by atoms with Gasteiger partial charge in [-0.25, -0.2) is 9.37 Å². The van der Waals surface area contributed by atoms with Crippen LogP contribution in [0.25, 0.3) is 11.1 Å². The summed E-state index contributed by atoms with van der Waals surface area (Å²) in [5, 5.41) is 0. The number of benzene rings is 2. The van der Waals surface area contributed by atoms with Crippen molar-refractivity contribution in [1.29, 1.82) is 0 Å². The second-order valence-electron chi connectivity index (χ2n) is 6.60. The zero-order valence-electron chi connectivity index (χ0n) is 14.4. The molecule has 3 aromatic rings. The maximum Gasteiger partial charge on any atom is 0.253 e. The number of likely N-dealkylation sites (tertiary alicyclic amines) is 1. The smallest absolute Gasteiger partial charge is 0.253 e. The third-order valence-electron chi connectivity index (χ3n) is 5.00. The van der Waals surface area contributed by atoms with Crippen LogP contribution in [0, 0.1) is 5.82 Å². The van der Waals surface area contributed by atoms with Crippen molar-refractivity contribution < 1.29 is 9.18 Å². The number of nitrogens with one attached hydrogen (secondary N) is 1. The molecule has 1 aromatic heterocycles. The molecule has 26 heavy (non-hydrogen) atoms. The van der Waals surface area contributed by atoms with Crippen LogP contribution in [0.2, 0.25) is 0 Å². The minimum atomic E-state index is -0.258. The van der Waals surface area contributed by atoms with E-state index in [1.807, 2.05) is 11.1 Å². The highest BCUT2D eigenvalue weighted by Gasteiger charge is 2.25. The number of aromatic nitrogens is 2. The van der Waals surface area contributed by atoms with E-state index in [4.69, 9.17) is 0 Å². The highest BCUT2D eigenvalue weighted by Crippen LogP contribution is 2.27. The van der Waals surface area contributed by atoms with Gasteiger partial charge < -0.3 is 9.88 Å². The molecule has 1 N–H and O–H groups in total. The number of hydrogen-bond acceptors (Lipinski definition) is 2. The topological polar surface area (TPSA) is 49.0 Å². The van der Waals surface area contributed by atoms with Crippen LogP contribution in [0.5, 0.6) is 0 Å². The molecule has 1 saturated heterocycles. The molecule has 5 heteroatoms. The van der Waals surface area contributed by atoms with Gasteiger partial charge in [0.15, 0.2) is 0 Å². The van der Waals surface area contributed by atoms with Gasteiger partial charge >= 0.3 is 0 Å². The van der Waals surface area contributed by atoms with E-state index < -0.39 is 0 Å². The lowest BCUT2D eigenvalue weighted by Crippen LogP contribution is -2.38. The molecular formula is C21H20FN3O. The fourth-order valence-electron chi connectivity index (χ4n) is 3.53. The Morgan fingerprint density at radius 1 is 1.08 bits per heavy atom. The van der Waals surface area contributed by atoms with Crippen LogP contribution >= 0.6 is 0 Å². The first-order chi connectivity index (χ1) is 12.7. The third kappa shape index (κ3) is 3.25. The van der Waals surface area contributed by atoms with Gasteiger partial charge in [0.25, 0.3) is 5.91 Å². The summed E-state index contributed by atoms with van der Waals surface area (Å²) in [5.41, 5.74) is 1.96. The van der Waals surface area contributed by atoms with Crippen molar-refractivity contribution in [2.24, 2.45) is 0 Å². The second-order valence-corrected chi connectivity index (χ2v) is 6.60. The zero-order chi connectivity index (χ0) is 17.9. The van der Waals surface area contributed by atoms with E-state index in [0.717, 1.165) is 37.3 Å². The molecule has 1 aliphatic rings. The first-order valence-electron chi connectivity index (χ1n) is 8.86. The molecule has 4 rings (SSSR count). The van der Waals surface area contributed by atoms with Crippen molar-refractivity contribution in [2.45, 2.75) is 18.8 Å². The molecule has 0 unspecified atom stereocenters. The Kier molecular flexibility index (Phi) is 4.52. The predicted octanol–water partition coefficient (Wildman–Crippen LogP) is 4.24. The van der Waals surface area contributed by atoms with Crippen LogP contribution in [0.1, 0.15) is 34.9 Å².